The van der Waals surface area contributed by atoms with Crippen molar-refractivity contribution < 1.29 is 19.3 Å². The van der Waals surface area contributed by atoms with Crippen LogP contribution in [0.4, 0.5) is 5.69 Å². The molecule has 3 N–H and O–H groups in total. The molecule has 1 aliphatic rings. The first-order chi connectivity index (χ1) is 20.3. The molecule has 4 rings (SSSR count). The van der Waals surface area contributed by atoms with E-state index >= 15 is 0 Å². The Balaban J connectivity index is 1.15. The molecule has 0 aromatic heterocycles. The van der Waals surface area contributed by atoms with Gasteiger partial charge >= 0.3 is 0 Å². The van der Waals surface area contributed by atoms with E-state index in [0.29, 0.717) is 13.2 Å². The van der Waals surface area contributed by atoms with Gasteiger partial charge in [0.2, 0.25) is 5.79 Å². The molecule has 0 saturated carbocycles. The van der Waals surface area contributed by atoms with Crippen LogP contribution in [0.5, 0.6) is 5.75 Å². The van der Waals surface area contributed by atoms with E-state index in [1.807, 2.05) is 44.2 Å². The number of nitrogen functional groups attached to an aromatic ring is 1. The highest BCUT2D eigenvalue weighted by molar-refractivity contribution is 5.44. The maximum Gasteiger partial charge on any atom is 0.205 e. The number of fused-ring (bicyclic) bond motifs is 1. The van der Waals surface area contributed by atoms with Gasteiger partial charge in [0.1, 0.15) is 5.75 Å². The van der Waals surface area contributed by atoms with E-state index in [4.69, 9.17) is 19.9 Å². The Morgan fingerprint density at radius 1 is 0.905 bits per heavy atom. The third-order valence-corrected chi connectivity index (χ3v) is 7.76. The number of nitrogens with two attached hydrogens (primary N) is 1. The van der Waals surface area contributed by atoms with Crippen LogP contribution in [0.15, 0.2) is 66.7 Å². The quantitative estimate of drug-likeness (QED) is 0.130. The molecule has 228 valence electrons. The molecule has 1 atom stereocenters. The van der Waals surface area contributed by atoms with Crippen LogP contribution in [-0.4, -0.2) is 42.1 Å². The van der Waals surface area contributed by atoms with Crippen molar-refractivity contribution in [3.8, 4) is 5.75 Å². The zero-order valence-electron chi connectivity index (χ0n) is 25.8. The number of nitrogens with zero attached hydrogens (tertiary/aromatic N) is 1. The Kier molecular flexibility index (Phi) is 12.3. The minimum atomic E-state index is -0.622. The second-order valence-electron chi connectivity index (χ2n) is 12.1. The van der Waals surface area contributed by atoms with Crippen molar-refractivity contribution >= 4 is 5.69 Å². The molecule has 0 amide bonds. The summed E-state index contributed by atoms with van der Waals surface area (Å²) in [5.41, 5.74) is 12.5. The van der Waals surface area contributed by atoms with Crippen LogP contribution in [-0.2, 0) is 29.0 Å². The lowest BCUT2D eigenvalue weighted by Crippen LogP contribution is -2.35. The third-order valence-electron chi connectivity index (χ3n) is 7.76. The number of hydrogen-bond donors (Lipinski definition) is 2. The molecule has 0 aliphatic carbocycles. The summed E-state index contributed by atoms with van der Waals surface area (Å²) in [6, 6.07) is 22.8. The number of rotatable bonds is 17. The third kappa shape index (κ3) is 10.7. The highest BCUT2D eigenvalue weighted by Crippen LogP contribution is 2.33. The lowest BCUT2D eigenvalue weighted by Gasteiger charge is -2.33. The zero-order chi connectivity index (χ0) is 29.8. The minimum Gasteiger partial charge on any atom is -0.463 e. The van der Waals surface area contributed by atoms with Gasteiger partial charge in [-0.2, -0.15) is 0 Å². The number of anilines is 1. The molecule has 0 bridgehead atoms. The maximum atomic E-state index is 11.2. The van der Waals surface area contributed by atoms with Crippen LogP contribution in [0.2, 0.25) is 0 Å². The zero-order valence-corrected chi connectivity index (χ0v) is 25.8. The van der Waals surface area contributed by atoms with Crippen molar-refractivity contribution in [2.75, 3.05) is 32.0 Å². The van der Waals surface area contributed by atoms with E-state index in [1.165, 1.54) is 16.7 Å². The molecule has 6 heteroatoms. The summed E-state index contributed by atoms with van der Waals surface area (Å²) in [6.07, 6.45) is 7.17. The van der Waals surface area contributed by atoms with Gasteiger partial charge in [-0.15, -0.1) is 0 Å². The monoisotopic (exact) mass is 574 g/mol. The normalized spacial score (nSPS) is 14.9. The fourth-order valence-electron chi connectivity index (χ4n) is 5.56. The maximum absolute atomic E-state index is 11.2. The van der Waals surface area contributed by atoms with Crippen molar-refractivity contribution in [1.29, 1.82) is 0 Å². The number of benzene rings is 3. The molecule has 6 nitrogen and oxygen atoms in total. The highest BCUT2D eigenvalue weighted by Gasteiger charge is 2.28. The lowest BCUT2D eigenvalue weighted by molar-refractivity contribution is -0.180. The van der Waals surface area contributed by atoms with E-state index in [0.717, 1.165) is 93.8 Å². The molecule has 1 heterocycles. The molecule has 1 aliphatic heterocycles. The first kappa shape index (κ1) is 32.0. The van der Waals surface area contributed by atoms with E-state index in [2.05, 4.69) is 48.2 Å². The number of ether oxygens (including phenoxy) is 3. The van der Waals surface area contributed by atoms with E-state index in [9.17, 15) is 5.11 Å². The molecule has 0 fully saturated rings. The average Bonchev–Trinajstić information content (AvgIpc) is 2.95. The topological polar surface area (TPSA) is 77.2 Å². The van der Waals surface area contributed by atoms with Crippen LogP contribution >= 0.6 is 0 Å². The largest absolute Gasteiger partial charge is 0.463 e. The first-order valence-corrected chi connectivity index (χ1v) is 15.6. The van der Waals surface area contributed by atoms with Gasteiger partial charge in [-0.05, 0) is 92.1 Å². The fraction of sp³-hybridized carbons (Fsp3) is 0.500. The van der Waals surface area contributed by atoms with Gasteiger partial charge < -0.3 is 25.1 Å². The van der Waals surface area contributed by atoms with Gasteiger partial charge in [-0.3, -0.25) is 4.90 Å². The van der Waals surface area contributed by atoms with Crippen LogP contribution in [0.3, 0.4) is 0 Å². The molecular weight excluding hydrogens is 524 g/mol. The minimum absolute atomic E-state index is 0.489. The number of hydrogen-bond acceptors (Lipinski definition) is 6. The summed E-state index contributed by atoms with van der Waals surface area (Å²) in [4.78, 5) is 2.37. The van der Waals surface area contributed by atoms with Crippen LogP contribution in [0.25, 0.3) is 0 Å². The molecule has 0 unspecified atom stereocenters. The van der Waals surface area contributed by atoms with E-state index in [-0.39, 0.29) is 0 Å². The summed E-state index contributed by atoms with van der Waals surface area (Å²) in [6.45, 7) is 10.4. The Bertz CT molecular complexity index is 1210. The first-order valence-electron chi connectivity index (χ1n) is 15.6. The summed E-state index contributed by atoms with van der Waals surface area (Å²) in [7, 11) is 0. The van der Waals surface area contributed by atoms with Crippen LogP contribution in [0, 0.1) is 6.92 Å². The van der Waals surface area contributed by atoms with Gasteiger partial charge in [0.25, 0.3) is 0 Å². The predicted octanol–water partition coefficient (Wildman–Crippen LogP) is 7.36. The van der Waals surface area contributed by atoms with Gasteiger partial charge in [-0.1, -0.05) is 55.3 Å². The molecule has 3 aromatic rings. The van der Waals surface area contributed by atoms with Gasteiger partial charge in [-0.25, -0.2) is 0 Å². The molecule has 0 saturated heterocycles. The standard InChI is InChI=1S/C36H50N2O4/c1-28-21-30(23-33(37)22-28)15-9-12-20-40-19-11-5-4-10-18-38(25-29-13-7-6-8-14-29)26-34(39)31-16-17-35-32(24-31)27-41-36(2,3)42-35/h6-8,13-14,16-17,21-24,34,39H,4-5,9-12,15,18-20,25-27,37H2,1-3H3/t34-/m0/s1. The summed E-state index contributed by atoms with van der Waals surface area (Å²) >= 11 is 0. The highest BCUT2D eigenvalue weighted by atomic mass is 16.7. The number of aryl methyl sites for hydroxylation is 2. The van der Waals surface area contributed by atoms with Gasteiger partial charge in [0.15, 0.2) is 0 Å². The molecule has 3 aromatic carbocycles. The van der Waals surface area contributed by atoms with Gasteiger partial charge in [0.05, 0.1) is 12.7 Å². The predicted molar refractivity (Wildman–Crippen MR) is 170 cm³/mol. The number of aliphatic hydroxyl groups excluding tert-OH is 1. The van der Waals surface area contributed by atoms with E-state index in [1.54, 1.807) is 0 Å². The smallest absolute Gasteiger partial charge is 0.205 e. The Hall–Kier alpha value is -2.90. The molecule has 0 radical (unpaired) electrons. The molecule has 0 spiro atoms. The summed E-state index contributed by atoms with van der Waals surface area (Å²) in [5.74, 6) is 0.212. The molecule has 42 heavy (non-hydrogen) atoms. The summed E-state index contributed by atoms with van der Waals surface area (Å²) < 4.78 is 17.6. The van der Waals surface area contributed by atoms with Crippen LogP contribution in [0.1, 0.15) is 86.3 Å². The van der Waals surface area contributed by atoms with Crippen molar-refractivity contribution in [2.45, 2.75) is 90.8 Å². The van der Waals surface area contributed by atoms with Crippen molar-refractivity contribution in [1.82, 2.24) is 4.90 Å². The Morgan fingerprint density at radius 2 is 1.67 bits per heavy atom. The number of aliphatic hydroxyl groups is 1. The second kappa shape index (κ2) is 16.1. The van der Waals surface area contributed by atoms with E-state index < -0.39 is 11.9 Å². The second-order valence-corrected chi connectivity index (χ2v) is 12.1. The fourth-order valence-corrected chi connectivity index (χ4v) is 5.56. The SMILES string of the molecule is Cc1cc(N)cc(CCCCOCCCCCCN(Cc2ccccc2)C[C@H](O)c2ccc3c(c2)COC(C)(C)O3)c1. The Labute approximate surface area is 252 Å². The van der Waals surface area contributed by atoms with Crippen molar-refractivity contribution in [3.05, 3.63) is 94.5 Å². The van der Waals surface area contributed by atoms with Crippen molar-refractivity contribution in [3.63, 3.8) is 0 Å². The van der Waals surface area contributed by atoms with Crippen LogP contribution < -0.4 is 10.5 Å². The molecular formula is C36H50N2O4. The average molecular weight is 575 g/mol. The van der Waals surface area contributed by atoms with Crippen molar-refractivity contribution in [2.24, 2.45) is 0 Å². The summed E-state index contributed by atoms with van der Waals surface area (Å²) in [5, 5.41) is 11.2. The number of unbranched alkanes of at least 4 members (excludes halogenated alkanes) is 4. The lowest BCUT2D eigenvalue weighted by atomic mass is 10.0. The Morgan fingerprint density at radius 3 is 2.45 bits per heavy atom. The van der Waals surface area contributed by atoms with Gasteiger partial charge in [0, 0.05) is 51.4 Å².